The van der Waals surface area contributed by atoms with Crippen LogP contribution in [0.1, 0.15) is 6.92 Å². The largest absolute Gasteiger partial charge is 0.362 e. The predicted octanol–water partition coefficient (Wildman–Crippen LogP) is 0.465. The summed E-state index contributed by atoms with van der Waals surface area (Å²) in [4.78, 5) is 29.2. The van der Waals surface area contributed by atoms with Crippen LogP contribution in [0.15, 0.2) is 6.20 Å². The smallest absolute Gasteiger partial charge is 0.344 e. The molecular formula is C10H14N6O3S. The van der Waals surface area contributed by atoms with Crippen molar-refractivity contribution < 1.29 is 9.72 Å². The van der Waals surface area contributed by atoms with E-state index >= 15 is 0 Å². The zero-order chi connectivity index (χ0) is 14.9. The molecule has 0 aliphatic carbocycles. The Labute approximate surface area is 120 Å². The van der Waals surface area contributed by atoms with E-state index < -0.39 is 4.92 Å². The van der Waals surface area contributed by atoms with Crippen molar-refractivity contribution in [1.82, 2.24) is 19.8 Å². The van der Waals surface area contributed by atoms with Crippen molar-refractivity contribution in [3.8, 4) is 0 Å². The number of imidazole rings is 1. The van der Waals surface area contributed by atoms with Gasteiger partial charge in [0.05, 0.1) is 13.6 Å². The molecule has 1 fully saturated rings. The minimum Gasteiger partial charge on any atom is -0.362 e. The van der Waals surface area contributed by atoms with E-state index in [1.165, 1.54) is 21.4 Å². The van der Waals surface area contributed by atoms with Crippen molar-refractivity contribution in [3.05, 3.63) is 16.3 Å². The molecule has 2 rings (SSSR count). The summed E-state index contributed by atoms with van der Waals surface area (Å²) in [6, 6.07) is -0.334. The molecule has 2 amide bonds. The molecule has 2 heterocycles. The van der Waals surface area contributed by atoms with E-state index in [0.717, 1.165) is 6.20 Å². The molecule has 0 atom stereocenters. The maximum Gasteiger partial charge on any atom is 0.344 e. The fourth-order valence-electron chi connectivity index (χ4n) is 1.97. The number of hydrogen-bond donors (Lipinski definition) is 1. The molecule has 1 aromatic rings. The molecule has 0 unspecified atom stereocenters. The zero-order valence-electron chi connectivity index (χ0n) is 11.1. The topological polar surface area (TPSA) is 96.5 Å². The second kappa shape index (κ2) is 5.41. The van der Waals surface area contributed by atoms with Gasteiger partial charge in [0.2, 0.25) is 0 Å². The second-order valence-corrected chi connectivity index (χ2v) is 4.54. The standard InChI is InChI=1S/C10H14N6O3S/c1-3-11-9(20)15-5-4-14(10(15)17)8-12-6-7(13(8)2)16(18)19/h6H,3-5H2,1-2H3,(H,11,20). The summed E-state index contributed by atoms with van der Waals surface area (Å²) in [6.07, 6.45) is 1.13. The summed E-state index contributed by atoms with van der Waals surface area (Å²) < 4.78 is 1.28. The first kappa shape index (κ1) is 14.2. The number of nitrogens with one attached hydrogen (secondary N) is 1. The molecule has 0 bridgehead atoms. The summed E-state index contributed by atoms with van der Waals surface area (Å²) in [5, 5.41) is 14.0. The van der Waals surface area contributed by atoms with Crippen LogP contribution in [0.25, 0.3) is 0 Å². The van der Waals surface area contributed by atoms with Gasteiger partial charge in [-0.05, 0) is 24.1 Å². The molecule has 20 heavy (non-hydrogen) atoms. The molecule has 1 aliphatic heterocycles. The lowest BCUT2D eigenvalue weighted by molar-refractivity contribution is -0.391. The van der Waals surface area contributed by atoms with Gasteiger partial charge in [-0.15, -0.1) is 0 Å². The lowest BCUT2D eigenvalue weighted by Crippen LogP contribution is -2.42. The van der Waals surface area contributed by atoms with Crippen molar-refractivity contribution in [2.75, 3.05) is 24.5 Å². The van der Waals surface area contributed by atoms with Crippen LogP contribution in [0.5, 0.6) is 0 Å². The van der Waals surface area contributed by atoms with Crippen LogP contribution in [0, 0.1) is 10.1 Å². The quantitative estimate of drug-likeness (QED) is 0.495. The predicted molar refractivity (Wildman–Crippen MR) is 75.6 cm³/mol. The van der Waals surface area contributed by atoms with Gasteiger partial charge in [-0.25, -0.2) is 9.69 Å². The van der Waals surface area contributed by atoms with E-state index in [2.05, 4.69) is 10.3 Å². The van der Waals surface area contributed by atoms with E-state index in [4.69, 9.17) is 12.2 Å². The molecule has 0 radical (unpaired) electrons. The molecule has 0 spiro atoms. The Morgan fingerprint density at radius 2 is 2.30 bits per heavy atom. The Balaban J connectivity index is 2.22. The van der Waals surface area contributed by atoms with Gasteiger partial charge >= 0.3 is 17.8 Å². The van der Waals surface area contributed by atoms with Crippen LogP contribution in [0.3, 0.4) is 0 Å². The van der Waals surface area contributed by atoms with Gasteiger partial charge in [-0.3, -0.25) is 4.90 Å². The first-order valence-electron chi connectivity index (χ1n) is 6.00. The van der Waals surface area contributed by atoms with Crippen LogP contribution >= 0.6 is 12.2 Å². The highest BCUT2D eigenvalue weighted by atomic mass is 32.1. The van der Waals surface area contributed by atoms with Gasteiger partial charge in [-0.1, -0.05) is 0 Å². The molecular weight excluding hydrogens is 284 g/mol. The Morgan fingerprint density at radius 3 is 2.85 bits per heavy atom. The Morgan fingerprint density at radius 1 is 1.60 bits per heavy atom. The molecule has 1 saturated heterocycles. The van der Waals surface area contributed by atoms with Gasteiger partial charge in [0.15, 0.2) is 5.11 Å². The number of nitro groups is 1. The van der Waals surface area contributed by atoms with Gasteiger partial charge in [0.1, 0.15) is 6.20 Å². The summed E-state index contributed by atoms with van der Waals surface area (Å²) in [7, 11) is 1.50. The first-order valence-corrected chi connectivity index (χ1v) is 6.41. The number of nitrogens with zero attached hydrogens (tertiary/aromatic N) is 5. The summed E-state index contributed by atoms with van der Waals surface area (Å²) in [6.45, 7) is 3.31. The average Bonchev–Trinajstić information content (AvgIpc) is 2.93. The average molecular weight is 298 g/mol. The third kappa shape index (κ3) is 2.29. The Hall–Kier alpha value is -2.23. The number of aromatic nitrogens is 2. The molecule has 9 nitrogen and oxygen atoms in total. The van der Waals surface area contributed by atoms with Crippen LogP contribution in [-0.2, 0) is 7.05 Å². The summed E-state index contributed by atoms with van der Waals surface area (Å²) in [5.74, 6) is 0.0732. The third-order valence-electron chi connectivity index (χ3n) is 2.95. The van der Waals surface area contributed by atoms with E-state index in [0.29, 0.717) is 24.7 Å². The molecule has 108 valence electrons. The maximum absolute atomic E-state index is 12.3. The van der Waals surface area contributed by atoms with E-state index in [1.54, 1.807) is 0 Å². The van der Waals surface area contributed by atoms with Crippen molar-refractivity contribution in [2.45, 2.75) is 6.92 Å². The monoisotopic (exact) mass is 298 g/mol. The Kier molecular flexibility index (Phi) is 3.84. The van der Waals surface area contributed by atoms with Crippen LogP contribution in [0.4, 0.5) is 16.6 Å². The highest BCUT2D eigenvalue weighted by Gasteiger charge is 2.36. The number of urea groups is 1. The summed E-state index contributed by atoms with van der Waals surface area (Å²) in [5.41, 5.74) is 0. The zero-order valence-corrected chi connectivity index (χ0v) is 11.9. The third-order valence-corrected chi connectivity index (χ3v) is 3.31. The molecule has 10 heteroatoms. The number of anilines is 1. The number of carbonyl (C=O) groups excluding carboxylic acids is 1. The van der Waals surface area contributed by atoms with Crippen molar-refractivity contribution in [3.63, 3.8) is 0 Å². The van der Waals surface area contributed by atoms with E-state index in [-0.39, 0.29) is 17.8 Å². The van der Waals surface area contributed by atoms with Crippen LogP contribution in [0.2, 0.25) is 0 Å². The second-order valence-electron chi connectivity index (χ2n) is 4.15. The van der Waals surface area contributed by atoms with Gasteiger partial charge in [0, 0.05) is 13.1 Å². The lowest BCUT2D eigenvalue weighted by atomic mass is 10.6. The van der Waals surface area contributed by atoms with Gasteiger partial charge in [-0.2, -0.15) is 9.55 Å². The SMILES string of the molecule is CCNC(=S)N1CCN(c2ncc([N+](=O)[O-])n2C)C1=O. The Bertz CT molecular complexity index is 571. The van der Waals surface area contributed by atoms with Crippen molar-refractivity contribution >= 4 is 35.1 Å². The lowest BCUT2D eigenvalue weighted by Gasteiger charge is -2.17. The maximum atomic E-state index is 12.3. The molecule has 0 aromatic carbocycles. The van der Waals surface area contributed by atoms with E-state index in [1.807, 2.05) is 6.92 Å². The highest BCUT2D eigenvalue weighted by molar-refractivity contribution is 7.80. The number of hydrogen-bond acceptors (Lipinski definition) is 5. The fourth-order valence-corrected chi connectivity index (χ4v) is 2.28. The summed E-state index contributed by atoms with van der Waals surface area (Å²) >= 11 is 5.10. The van der Waals surface area contributed by atoms with Gasteiger partial charge < -0.3 is 15.4 Å². The molecule has 1 aromatic heterocycles. The minimum atomic E-state index is -0.544. The number of rotatable bonds is 3. The van der Waals surface area contributed by atoms with Crippen LogP contribution in [-0.4, -0.2) is 50.2 Å². The normalized spacial score (nSPS) is 14.8. The molecule has 0 saturated carbocycles. The number of thiocarbonyl (C=S) groups is 1. The van der Waals surface area contributed by atoms with Crippen molar-refractivity contribution in [1.29, 1.82) is 0 Å². The first-order chi connectivity index (χ1) is 9.47. The molecule has 1 N–H and O–H groups in total. The highest BCUT2D eigenvalue weighted by Crippen LogP contribution is 2.23. The van der Waals surface area contributed by atoms with E-state index in [9.17, 15) is 14.9 Å². The van der Waals surface area contributed by atoms with Crippen LogP contribution < -0.4 is 10.2 Å². The number of amides is 2. The fraction of sp³-hybridized carbons (Fsp3) is 0.500. The molecule has 1 aliphatic rings. The number of carbonyl (C=O) groups is 1. The van der Waals surface area contributed by atoms with Crippen molar-refractivity contribution in [2.24, 2.45) is 7.05 Å². The van der Waals surface area contributed by atoms with Gasteiger partial charge in [0.25, 0.3) is 0 Å². The minimum absolute atomic E-state index is 0.166.